The second-order valence-corrected chi connectivity index (χ2v) is 5.62. The highest BCUT2D eigenvalue weighted by molar-refractivity contribution is 6.30. The Balaban J connectivity index is 2.21. The van der Waals surface area contributed by atoms with Gasteiger partial charge in [0, 0.05) is 6.20 Å². The van der Waals surface area contributed by atoms with E-state index in [1.165, 1.54) is 6.07 Å². The van der Waals surface area contributed by atoms with E-state index < -0.39 is 0 Å². The Hall–Kier alpha value is -1.45. The van der Waals surface area contributed by atoms with Gasteiger partial charge in [-0.25, -0.2) is 4.39 Å². The van der Waals surface area contributed by atoms with Crippen LogP contribution in [0.25, 0.3) is 0 Å². The third kappa shape index (κ3) is 4.51. The van der Waals surface area contributed by atoms with Crippen LogP contribution in [0.4, 0.5) is 4.39 Å². The summed E-state index contributed by atoms with van der Waals surface area (Å²) in [6, 6.07) is 8.82. The van der Waals surface area contributed by atoms with Crippen molar-refractivity contribution in [3.63, 3.8) is 0 Å². The summed E-state index contributed by atoms with van der Waals surface area (Å²) in [5.74, 6) is -0.195. The Kier molecular flexibility index (Phi) is 5.71. The fourth-order valence-electron chi connectivity index (χ4n) is 2.30. The van der Waals surface area contributed by atoms with E-state index >= 15 is 0 Å². The molecule has 1 N–H and O–H groups in total. The lowest BCUT2D eigenvalue weighted by molar-refractivity contribution is 0.516. The summed E-state index contributed by atoms with van der Waals surface area (Å²) >= 11 is 5.90. The lowest BCUT2D eigenvalue weighted by atomic mass is 9.98. The van der Waals surface area contributed by atoms with E-state index in [2.05, 4.69) is 17.2 Å². The highest BCUT2D eigenvalue weighted by atomic mass is 35.5. The summed E-state index contributed by atoms with van der Waals surface area (Å²) < 4.78 is 13.2. The molecule has 0 saturated heterocycles. The van der Waals surface area contributed by atoms with E-state index in [-0.39, 0.29) is 11.9 Å². The maximum Gasteiger partial charge on any atom is 0.123 e. The van der Waals surface area contributed by atoms with E-state index in [9.17, 15) is 4.39 Å². The van der Waals surface area contributed by atoms with Crippen LogP contribution >= 0.6 is 11.6 Å². The average molecular weight is 307 g/mol. The van der Waals surface area contributed by atoms with Gasteiger partial charge in [0.25, 0.3) is 0 Å². The van der Waals surface area contributed by atoms with Gasteiger partial charge in [-0.3, -0.25) is 4.98 Å². The van der Waals surface area contributed by atoms with Gasteiger partial charge >= 0.3 is 0 Å². The first-order chi connectivity index (χ1) is 10.1. The average Bonchev–Trinajstić information content (AvgIpc) is 2.46. The second-order valence-electron chi connectivity index (χ2n) is 5.18. The predicted molar refractivity (Wildman–Crippen MR) is 85.1 cm³/mol. The molecular formula is C17H20ClFN2. The molecule has 1 aromatic heterocycles. The van der Waals surface area contributed by atoms with E-state index in [4.69, 9.17) is 11.6 Å². The Morgan fingerprint density at radius 1 is 1.29 bits per heavy atom. The minimum Gasteiger partial charge on any atom is -0.308 e. The van der Waals surface area contributed by atoms with E-state index in [0.29, 0.717) is 5.02 Å². The van der Waals surface area contributed by atoms with Crippen LogP contribution in [-0.4, -0.2) is 11.5 Å². The van der Waals surface area contributed by atoms with Gasteiger partial charge in [-0.2, -0.15) is 0 Å². The van der Waals surface area contributed by atoms with Gasteiger partial charge in [-0.15, -0.1) is 0 Å². The smallest absolute Gasteiger partial charge is 0.123 e. The Morgan fingerprint density at radius 3 is 2.71 bits per heavy atom. The van der Waals surface area contributed by atoms with Crippen LogP contribution in [0.2, 0.25) is 5.02 Å². The number of nitrogens with one attached hydrogen (secondary N) is 1. The van der Waals surface area contributed by atoms with Gasteiger partial charge in [-0.05, 0) is 61.7 Å². The summed E-state index contributed by atoms with van der Waals surface area (Å²) in [5, 5.41) is 4.13. The molecule has 0 aliphatic heterocycles. The molecule has 2 nitrogen and oxygen atoms in total. The van der Waals surface area contributed by atoms with Crippen molar-refractivity contribution in [2.45, 2.75) is 32.7 Å². The molecule has 0 bridgehead atoms. The summed E-state index contributed by atoms with van der Waals surface area (Å²) in [7, 11) is 0. The number of pyridine rings is 1. The number of hydrogen-bond donors (Lipinski definition) is 1. The van der Waals surface area contributed by atoms with Crippen molar-refractivity contribution in [2.75, 3.05) is 6.54 Å². The zero-order valence-corrected chi connectivity index (χ0v) is 13.1. The molecule has 0 aliphatic rings. The van der Waals surface area contributed by atoms with Crippen LogP contribution in [0.15, 0.2) is 36.5 Å². The Labute approximate surface area is 130 Å². The number of nitrogens with zero attached hydrogens (tertiary/aromatic N) is 1. The van der Waals surface area contributed by atoms with Gasteiger partial charge < -0.3 is 5.32 Å². The topological polar surface area (TPSA) is 24.9 Å². The minimum atomic E-state index is -0.195. The molecule has 0 fully saturated rings. The van der Waals surface area contributed by atoms with Crippen LogP contribution < -0.4 is 5.32 Å². The third-order valence-corrected chi connectivity index (χ3v) is 3.70. The molecule has 1 atom stereocenters. The fourth-order valence-corrected chi connectivity index (χ4v) is 2.41. The maximum absolute atomic E-state index is 13.2. The first-order valence-electron chi connectivity index (χ1n) is 7.20. The third-order valence-electron chi connectivity index (χ3n) is 3.48. The van der Waals surface area contributed by atoms with E-state index in [1.54, 1.807) is 12.3 Å². The van der Waals surface area contributed by atoms with Crippen LogP contribution in [0.1, 0.15) is 36.2 Å². The van der Waals surface area contributed by atoms with Crippen molar-refractivity contribution in [3.8, 4) is 0 Å². The molecule has 21 heavy (non-hydrogen) atoms. The zero-order chi connectivity index (χ0) is 15.2. The van der Waals surface area contributed by atoms with Gasteiger partial charge in [0.1, 0.15) is 5.82 Å². The largest absolute Gasteiger partial charge is 0.308 e. The van der Waals surface area contributed by atoms with Crippen molar-refractivity contribution in [1.29, 1.82) is 0 Å². The van der Waals surface area contributed by atoms with Crippen LogP contribution in [0.5, 0.6) is 0 Å². The van der Waals surface area contributed by atoms with Gasteiger partial charge in [0.15, 0.2) is 0 Å². The highest BCUT2D eigenvalue weighted by Crippen LogP contribution is 2.21. The maximum atomic E-state index is 13.2. The standard InChI is InChI=1S/C17H20ClFN2/c1-3-8-20-17(16-7-5-14(18)11-21-16)10-13-4-6-15(19)9-12(13)2/h4-7,9,11,17,20H,3,8,10H2,1-2H3. The molecule has 1 unspecified atom stereocenters. The van der Waals surface area contributed by atoms with Crippen LogP contribution in [0.3, 0.4) is 0 Å². The van der Waals surface area contributed by atoms with Crippen molar-refractivity contribution in [1.82, 2.24) is 10.3 Å². The lowest BCUT2D eigenvalue weighted by Crippen LogP contribution is -2.25. The minimum absolute atomic E-state index is 0.103. The SMILES string of the molecule is CCCNC(Cc1ccc(F)cc1C)c1ccc(Cl)cn1. The number of hydrogen-bond acceptors (Lipinski definition) is 2. The van der Waals surface area contributed by atoms with Gasteiger partial charge in [0.05, 0.1) is 16.8 Å². The predicted octanol–water partition coefficient (Wildman–Crippen LogP) is 4.47. The molecule has 0 saturated carbocycles. The molecule has 4 heteroatoms. The molecule has 0 spiro atoms. The van der Waals surface area contributed by atoms with Crippen molar-refractivity contribution in [2.24, 2.45) is 0 Å². The molecule has 112 valence electrons. The summed E-state index contributed by atoms with van der Waals surface area (Å²) in [6.07, 6.45) is 3.49. The molecule has 2 rings (SSSR count). The van der Waals surface area contributed by atoms with E-state index in [1.807, 2.05) is 25.1 Å². The summed E-state index contributed by atoms with van der Waals surface area (Å²) in [6.45, 7) is 4.97. The highest BCUT2D eigenvalue weighted by Gasteiger charge is 2.14. The molecule has 0 aliphatic carbocycles. The normalized spacial score (nSPS) is 12.4. The molecular weight excluding hydrogens is 287 g/mol. The molecule has 1 aromatic carbocycles. The number of aryl methyl sites for hydroxylation is 1. The second kappa shape index (κ2) is 7.53. The van der Waals surface area contributed by atoms with Crippen molar-refractivity contribution < 1.29 is 4.39 Å². The lowest BCUT2D eigenvalue weighted by Gasteiger charge is -2.19. The van der Waals surface area contributed by atoms with Crippen LogP contribution in [0, 0.1) is 12.7 Å². The van der Waals surface area contributed by atoms with Gasteiger partial charge in [-0.1, -0.05) is 24.6 Å². The van der Waals surface area contributed by atoms with Crippen molar-refractivity contribution >= 4 is 11.6 Å². The quantitative estimate of drug-likeness (QED) is 0.852. The number of benzene rings is 1. The molecule has 0 radical (unpaired) electrons. The Bertz CT molecular complexity index is 584. The molecule has 0 amide bonds. The number of aromatic nitrogens is 1. The van der Waals surface area contributed by atoms with E-state index in [0.717, 1.165) is 36.2 Å². The first kappa shape index (κ1) is 15.9. The zero-order valence-electron chi connectivity index (χ0n) is 12.4. The fraction of sp³-hybridized carbons (Fsp3) is 0.353. The first-order valence-corrected chi connectivity index (χ1v) is 7.57. The summed E-state index contributed by atoms with van der Waals surface area (Å²) in [4.78, 5) is 4.41. The molecule has 1 heterocycles. The number of halogens is 2. The Morgan fingerprint density at radius 2 is 2.10 bits per heavy atom. The molecule has 2 aromatic rings. The van der Waals surface area contributed by atoms with Crippen molar-refractivity contribution in [3.05, 3.63) is 64.2 Å². The van der Waals surface area contributed by atoms with Gasteiger partial charge in [0.2, 0.25) is 0 Å². The number of rotatable bonds is 6. The summed E-state index contributed by atoms with van der Waals surface area (Å²) in [5.41, 5.74) is 3.05. The van der Waals surface area contributed by atoms with Crippen LogP contribution in [-0.2, 0) is 6.42 Å². The monoisotopic (exact) mass is 306 g/mol.